The van der Waals surface area contributed by atoms with E-state index in [9.17, 15) is 9.18 Å². The molecule has 1 N–H and O–H groups in total. The van der Waals surface area contributed by atoms with E-state index < -0.39 is 11.9 Å². The second kappa shape index (κ2) is 4.97. The fourth-order valence-corrected chi connectivity index (χ4v) is 2.74. The van der Waals surface area contributed by atoms with E-state index in [1.165, 1.54) is 29.5 Å². The summed E-state index contributed by atoms with van der Waals surface area (Å²) < 4.78 is 14.0. The normalized spacial score (nSPS) is 10.7. The molecule has 0 aliphatic carbocycles. The van der Waals surface area contributed by atoms with Gasteiger partial charge in [-0.1, -0.05) is 23.5 Å². The fourth-order valence-electron chi connectivity index (χ4n) is 1.78. The van der Waals surface area contributed by atoms with Gasteiger partial charge in [0.2, 0.25) is 5.95 Å². The molecule has 0 fully saturated rings. The number of nitrogens with zero attached hydrogens (tertiary/aromatic N) is 2. The number of amides is 1. The number of benzene rings is 1. The molecule has 0 spiro atoms. The summed E-state index contributed by atoms with van der Waals surface area (Å²) in [6.45, 7) is 1.99. The van der Waals surface area contributed by atoms with E-state index in [1.54, 1.807) is 0 Å². The monoisotopic (exact) mass is 286 g/mol. The van der Waals surface area contributed by atoms with E-state index in [-0.39, 0.29) is 5.69 Å². The van der Waals surface area contributed by atoms with E-state index in [4.69, 9.17) is 0 Å². The second-order valence-electron chi connectivity index (χ2n) is 4.29. The van der Waals surface area contributed by atoms with E-state index in [2.05, 4.69) is 15.3 Å². The van der Waals surface area contributed by atoms with Crippen LogP contribution in [0.25, 0.3) is 10.2 Å². The van der Waals surface area contributed by atoms with Crippen molar-refractivity contribution in [3.05, 3.63) is 53.6 Å². The van der Waals surface area contributed by atoms with Crippen LogP contribution in [0, 0.1) is 12.9 Å². The van der Waals surface area contributed by atoms with Gasteiger partial charge < -0.3 is 0 Å². The average molecular weight is 286 g/mol. The van der Waals surface area contributed by atoms with Gasteiger partial charge in [-0.2, -0.15) is 4.39 Å². The molecule has 0 saturated carbocycles. The first kappa shape index (κ1) is 12.7. The Morgan fingerprint density at radius 3 is 2.90 bits per heavy atom. The predicted molar refractivity (Wildman–Crippen MR) is 76.5 cm³/mol. The Bertz CT molecular complexity index is 800. The van der Waals surface area contributed by atoms with Crippen LogP contribution in [-0.4, -0.2) is 15.9 Å². The molecule has 100 valence electrons. The summed E-state index contributed by atoms with van der Waals surface area (Å²) in [5.74, 6) is -1.15. The molecular weight excluding hydrogens is 276 g/mol. The Morgan fingerprint density at radius 1 is 1.25 bits per heavy atom. The van der Waals surface area contributed by atoms with Gasteiger partial charge in [-0.25, -0.2) is 9.97 Å². The first-order chi connectivity index (χ1) is 9.61. The number of aromatic nitrogens is 2. The van der Waals surface area contributed by atoms with E-state index in [1.807, 2.05) is 25.1 Å². The van der Waals surface area contributed by atoms with Crippen LogP contribution in [0.4, 0.5) is 9.52 Å². The standard InChI is InChI=1S/C14H10FN3OS/c1-8-5-6-9-11(7-8)20-14(17-9)18-13(19)10-3-2-4-12(15)16-10/h2-7H,1H3,(H,17,18,19)/i15-1. The van der Waals surface area contributed by atoms with Crippen molar-refractivity contribution in [1.29, 1.82) is 0 Å². The first-order valence-corrected chi connectivity index (χ1v) is 6.74. The summed E-state index contributed by atoms with van der Waals surface area (Å²) in [6, 6.07) is 9.95. The van der Waals surface area contributed by atoms with Crippen molar-refractivity contribution in [1.82, 2.24) is 9.97 Å². The molecule has 4 nitrogen and oxygen atoms in total. The number of carbonyl (C=O) groups is 1. The number of hydrogen-bond acceptors (Lipinski definition) is 4. The average Bonchev–Trinajstić information content (AvgIpc) is 2.80. The third kappa shape index (κ3) is 2.50. The lowest BCUT2D eigenvalue weighted by atomic mass is 10.2. The van der Waals surface area contributed by atoms with Crippen molar-refractivity contribution in [2.75, 3.05) is 5.32 Å². The number of thiazole rings is 1. The van der Waals surface area contributed by atoms with Gasteiger partial charge in [0.15, 0.2) is 5.13 Å². The summed E-state index contributed by atoms with van der Waals surface area (Å²) in [5, 5.41) is 3.11. The number of nitrogens with one attached hydrogen (secondary N) is 1. The van der Waals surface area contributed by atoms with Gasteiger partial charge >= 0.3 is 0 Å². The molecule has 0 aliphatic rings. The van der Waals surface area contributed by atoms with Crippen molar-refractivity contribution in [2.45, 2.75) is 6.92 Å². The number of fused-ring (bicyclic) bond motifs is 1. The van der Waals surface area contributed by atoms with Crippen LogP contribution in [0.1, 0.15) is 16.1 Å². The lowest BCUT2D eigenvalue weighted by molar-refractivity contribution is 0.102. The summed E-state index contributed by atoms with van der Waals surface area (Å²) in [5.41, 5.74) is 1.98. The number of rotatable bonds is 2. The predicted octanol–water partition coefficient (Wildman–Crippen LogP) is 3.39. The highest BCUT2D eigenvalue weighted by Gasteiger charge is 2.11. The Hall–Kier alpha value is -2.34. The Morgan fingerprint density at radius 2 is 2.10 bits per heavy atom. The van der Waals surface area contributed by atoms with E-state index >= 15 is 0 Å². The maximum atomic E-state index is 13.0. The molecule has 20 heavy (non-hydrogen) atoms. The van der Waals surface area contributed by atoms with Gasteiger partial charge in [0.1, 0.15) is 5.69 Å². The quantitative estimate of drug-likeness (QED) is 0.735. The molecule has 0 bridgehead atoms. The lowest BCUT2D eigenvalue weighted by Crippen LogP contribution is -2.13. The maximum absolute atomic E-state index is 13.0. The smallest absolute Gasteiger partial charge is 0.276 e. The molecule has 3 rings (SSSR count). The van der Waals surface area contributed by atoms with Gasteiger partial charge in [0, 0.05) is 0 Å². The highest BCUT2D eigenvalue weighted by molar-refractivity contribution is 7.22. The summed E-state index contributed by atoms with van der Waals surface area (Å²) in [6.07, 6.45) is 0. The summed E-state index contributed by atoms with van der Waals surface area (Å²) in [7, 11) is 0. The third-order valence-corrected chi connectivity index (χ3v) is 3.65. The maximum Gasteiger partial charge on any atom is 0.276 e. The van der Waals surface area contributed by atoms with Crippen LogP contribution < -0.4 is 5.32 Å². The molecule has 1 amide bonds. The minimum absolute atomic E-state index is 0.0282. The van der Waals surface area contributed by atoms with Gasteiger partial charge in [-0.05, 0) is 36.8 Å². The molecule has 0 aliphatic heterocycles. The molecule has 2 aromatic heterocycles. The van der Waals surface area contributed by atoms with Crippen molar-refractivity contribution in [2.24, 2.45) is 0 Å². The number of hydrogen-bond donors (Lipinski definition) is 1. The molecule has 0 saturated heterocycles. The first-order valence-electron chi connectivity index (χ1n) is 5.93. The molecule has 1 aromatic carbocycles. The highest BCUT2D eigenvalue weighted by Crippen LogP contribution is 2.26. The lowest BCUT2D eigenvalue weighted by Gasteiger charge is -2.00. The van der Waals surface area contributed by atoms with Crippen LogP contribution in [-0.2, 0) is 0 Å². The van der Waals surface area contributed by atoms with Gasteiger partial charge in [-0.3, -0.25) is 10.1 Å². The zero-order valence-corrected chi connectivity index (χ0v) is 11.4. The van der Waals surface area contributed by atoms with Gasteiger partial charge in [0.05, 0.1) is 10.2 Å². The number of anilines is 1. The largest absolute Gasteiger partial charge is 0.296 e. The highest BCUT2D eigenvalue weighted by atomic mass is 32.1. The van der Waals surface area contributed by atoms with Crippen LogP contribution >= 0.6 is 11.3 Å². The molecular formula is C14H10FN3OS. The fraction of sp³-hybridized carbons (Fsp3) is 0.0714. The zero-order valence-electron chi connectivity index (χ0n) is 10.6. The number of pyridine rings is 1. The molecule has 3 aromatic rings. The van der Waals surface area contributed by atoms with Gasteiger partial charge in [0.25, 0.3) is 5.91 Å². The summed E-state index contributed by atoms with van der Waals surface area (Å²) in [4.78, 5) is 19.8. The van der Waals surface area contributed by atoms with Crippen molar-refractivity contribution >= 4 is 32.6 Å². The van der Waals surface area contributed by atoms with Crippen molar-refractivity contribution in [3.8, 4) is 0 Å². The Kier molecular flexibility index (Phi) is 3.15. The topological polar surface area (TPSA) is 54.9 Å². The number of halogens is 1. The molecule has 6 heteroatoms. The van der Waals surface area contributed by atoms with E-state index in [0.29, 0.717) is 5.13 Å². The SMILES string of the molecule is Cc1ccc2nc(NC(=O)c3cccc([18F])n3)sc2c1. The third-order valence-electron chi connectivity index (χ3n) is 2.71. The second-order valence-corrected chi connectivity index (χ2v) is 5.32. The van der Waals surface area contributed by atoms with Crippen molar-refractivity contribution < 1.29 is 9.18 Å². The summed E-state index contributed by atoms with van der Waals surface area (Å²) >= 11 is 1.37. The number of carbonyl (C=O) groups excluding carboxylic acids is 1. The van der Waals surface area contributed by atoms with Crippen LogP contribution in [0.3, 0.4) is 0 Å². The van der Waals surface area contributed by atoms with Crippen LogP contribution in [0.2, 0.25) is 0 Å². The molecule has 0 unspecified atom stereocenters. The number of aryl methyl sites for hydroxylation is 1. The molecule has 2 heterocycles. The minimum atomic E-state index is -0.683. The Labute approximate surface area is 118 Å². The van der Waals surface area contributed by atoms with Gasteiger partial charge in [-0.15, -0.1) is 0 Å². The zero-order chi connectivity index (χ0) is 14.1. The van der Waals surface area contributed by atoms with Crippen molar-refractivity contribution in [3.63, 3.8) is 0 Å². The Balaban J connectivity index is 1.87. The molecule has 0 atom stereocenters. The van der Waals surface area contributed by atoms with Crippen LogP contribution in [0.5, 0.6) is 0 Å². The molecule has 0 radical (unpaired) electrons. The van der Waals surface area contributed by atoms with Crippen LogP contribution in [0.15, 0.2) is 36.4 Å². The minimum Gasteiger partial charge on any atom is -0.296 e. The van der Waals surface area contributed by atoms with E-state index in [0.717, 1.165) is 15.8 Å².